The number of aryl methyl sites for hydroxylation is 1. The van der Waals surface area contributed by atoms with Crippen molar-refractivity contribution < 1.29 is 12.8 Å². The Hall–Kier alpha value is -2.19. The molecule has 1 aromatic heterocycles. The summed E-state index contributed by atoms with van der Waals surface area (Å²) in [5, 5.41) is 1.84. The van der Waals surface area contributed by atoms with Gasteiger partial charge in [0.05, 0.1) is 4.90 Å². The van der Waals surface area contributed by atoms with E-state index in [4.69, 9.17) is 11.6 Å². The van der Waals surface area contributed by atoms with Crippen LogP contribution in [0.5, 0.6) is 0 Å². The molecule has 2 N–H and O–H groups in total. The SMILES string of the molecule is Cc1[nH]c2ccc(Cl)cc2c1C1=CCN(CCNS(=O)(=O)c2cccc(F)c2)CC1. The fourth-order valence-corrected chi connectivity index (χ4v) is 5.13. The van der Waals surface area contributed by atoms with Gasteiger partial charge in [-0.15, -0.1) is 0 Å². The van der Waals surface area contributed by atoms with Crippen LogP contribution in [-0.4, -0.2) is 44.5 Å². The van der Waals surface area contributed by atoms with Crippen LogP contribution in [0.1, 0.15) is 17.7 Å². The maximum atomic E-state index is 13.3. The van der Waals surface area contributed by atoms with Gasteiger partial charge in [-0.1, -0.05) is 23.7 Å². The summed E-state index contributed by atoms with van der Waals surface area (Å²) in [4.78, 5) is 5.55. The van der Waals surface area contributed by atoms with Crippen molar-refractivity contribution in [3.63, 3.8) is 0 Å². The molecule has 0 aliphatic carbocycles. The summed E-state index contributed by atoms with van der Waals surface area (Å²) in [6.07, 6.45) is 3.07. The largest absolute Gasteiger partial charge is 0.358 e. The molecule has 4 rings (SSSR count). The summed E-state index contributed by atoms with van der Waals surface area (Å²) in [7, 11) is -3.71. The highest BCUT2D eigenvalue weighted by molar-refractivity contribution is 7.89. The van der Waals surface area contributed by atoms with Crippen LogP contribution in [0.2, 0.25) is 5.02 Å². The number of nitrogens with one attached hydrogen (secondary N) is 2. The zero-order valence-electron chi connectivity index (χ0n) is 16.6. The van der Waals surface area contributed by atoms with E-state index in [9.17, 15) is 12.8 Å². The maximum Gasteiger partial charge on any atom is 0.240 e. The third kappa shape index (κ3) is 4.44. The molecule has 0 atom stereocenters. The first-order valence-electron chi connectivity index (χ1n) is 9.78. The van der Waals surface area contributed by atoms with Crippen LogP contribution in [-0.2, 0) is 10.0 Å². The van der Waals surface area contributed by atoms with Crippen molar-refractivity contribution in [1.82, 2.24) is 14.6 Å². The number of hydrogen-bond acceptors (Lipinski definition) is 3. The third-order valence-electron chi connectivity index (χ3n) is 5.39. The zero-order chi connectivity index (χ0) is 21.3. The Morgan fingerprint density at radius 2 is 2.07 bits per heavy atom. The van der Waals surface area contributed by atoms with E-state index < -0.39 is 15.8 Å². The second-order valence-electron chi connectivity index (χ2n) is 7.45. The average molecular weight is 448 g/mol. The Kier molecular flexibility index (Phi) is 5.97. The number of sulfonamides is 1. The normalized spacial score (nSPS) is 15.5. The van der Waals surface area contributed by atoms with Gasteiger partial charge in [-0.2, -0.15) is 0 Å². The zero-order valence-corrected chi connectivity index (χ0v) is 18.2. The lowest BCUT2D eigenvalue weighted by Gasteiger charge is -2.26. The molecule has 0 spiro atoms. The number of nitrogens with zero attached hydrogens (tertiary/aromatic N) is 1. The number of fused-ring (bicyclic) bond motifs is 1. The minimum Gasteiger partial charge on any atom is -0.358 e. The van der Waals surface area contributed by atoms with Crippen LogP contribution in [0.3, 0.4) is 0 Å². The summed E-state index contributed by atoms with van der Waals surface area (Å²) < 4.78 is 40.4. The number of hydrogen-bond donors (Lipinski definition) is 2. The Labute approximate surface area is 180 Å². The van der Waals surface area contributed by atoms with Crippen molar-refractivity contribution in [2.75, 3.05) is 26.2 Å². The van der Waals surface area contributed by atoms with Crippen molar-refractivity contribution in [2.24, 2.45) is 0 Å². The highest BCUT2D eigenvalue weighted by Crippen LogP contribution is 2.33. The lowest BCUT2D eigenvalue weighted by molar-refractivity contribution is 0.307. The molecule has 0 unspecified atom stereocenters. The van der Waals surface area contributed by atoms with Crippen LogP contribution in [0.25, 0.3) is 16.5 Å². The van der Waals surface area contributed by atoms with Crippen molar-refractivity contribution in [3.05, 3.63) is 70.6 Å². The van der Waals surface area contributed by atoms with Gasteiger partial charge in [-0.05, 0) is 55.3 Å². The molecule has 0 radical (unpaired) electrons. The summed E-state index contributed by atoms with van der Waals surface area (Å²) in [5.41, 5.74) is 4.67. The van der Waals surface area contributed by atoms with Gasteiger partial charge >= 0.3 is 0 Å². The first-order valence-corrected chi connectivity index (χ1v) is 11.6. The Balaban J connectivity index is 1.39. The van der Waals surface area contributed by atoms with E-state index in [1.165, 1.54) is 29.3 Å². The van der Waals surface area contributed by atoms with Crippen molar-refractivity contribution >= 4 is 38.1 Å². The summed E-state index contributed by atoms with van der Waals surface area (Å²) in [6, 6.07) is 10.9. The fourth-order valence-electron chi connectivity index (χ4n) is 3.91. The molecule has 1 aliphatic rings. The van der Waals surface area contributed by atoms with Crippen molar-refractivity contribution in [3.8, 4) is 0 Å². The molecular formula is C22H23ClFN3O2S. The number of H-pyrrole nitrogens is 1. The maximum absolute atomic E-state index is 13.3. The molecular weight excluding hydrogens is 425 g/mol. The van der Waals surface area contributed by atoms with E-state index in [-0.39, 0.29) is 11.4 Å². The molecule has 0 fully saturated rings. The summed E-state index contributed by atoms with van der Waals surface area (Å²) in [6.45, 7) is 4.49. The monoisotopic (exact) mass is 447 g/mol. The Bertz CT molecular complexity index is 1220. The van der Waals surface area contributed by atoms with E-state index in [2.05, 4.69) is 27.6 Å². The number of aromatic nitrogens is 1. The summed E-state index contributed by atoms with van der Waals surface area (Å²) >= 11 is 6.19. The van der Waals surface area contributed by atoms with Crippen LogP contribution >= 0.6 is 11.6 Å². The summed E-state index contributed by atoms with van der Waals surface area (Å²) in [5.74, 6) is -0.569. The Morgan fingerprint density at radius 1 is 1.23 bits per heavy atom. The first kappa shape index (κ1) is 21.1. The molecule has 0 saturated heterocycles. The molecule has 0 amide bonds. The van der Waals surface area contributed by atoms with E-state index in [0.717, 1.165) is 42.2 Å². The van der Waals surface area contributed by atoms with Gasteiger partial charge in [0.15, 0.2) is 0 Å². The van der Waals surface area contributed by atoms with E-state index in [1.54, 1.807) is 0 Å². The smallest absolute Gasteiger partial charge is 0.240 e. The fraction of sp³-hybridized carbons (Fsp3) is 0.273. The molecule has 2 aromatic carbocycles. The van der Waals surface area contributed by atoms with Gasteiger partial charge in [0.1, 0.15) is 5.82 Å². The molecule has 1 aliphatic heterocycles. The van der Waals surface area contributed by atoms with Crippen LogP contribution in [0.15, 0.2) is 53.4 Å². The second kappa shape index (κ2) is 8.51. The predicted molar refractivity (Wildman–Crippen MR) is 119 cm³/mol. The number of benzene rings is 2. The molecule has 30 heavy (non-hydrogen) atoms. The minimum absolute atomic E-state index is 0.0585. The predicted octanol–water partition coefficient (Wildman–Crippen LogP) is 4.34. The standard InChI is InChI=1S/C22H23ClFN3O2S/c1-15-22(20-13-17(23)5-6-21(20)26-15)16-7-10-27(11-8-16)12-9-25-30(28,29)19-4-2-3-18(24)14-19/h2-7,13-14,25-26H,8-12H2,1H3. The van der Waals surface area contributed by atoms with E-state index in [0.29, 0.717) is 11.6 Å². The van der Waals surface area contributed by atoms with E-state index >= 15 is 0 Å². The average Bonchev–Trinajstić information content (AvgIpc) is 3.03. The highest BCUT2D eigenvalue weighted by Gasteiger charge is 2.19. The van der Waals surface area contributed by atoms with Gasteiger partial charge in [0.25, 0.3) is 0 Å². The lowest BCUT2D eigenvalue weighted by atomic mass is 9.97. The van der Waals surface area contributed by atoms with Gasteiger partial charge < -0.3 is 4.98 Å². The second-order valence-corrected chi connectivity index (χ2v) is 9.65. The molecule has 8 heteroatoms. The van der Waals surface area contributed by atoms with Crippen molar-refractivity contribution in [1.29, 1.82) is 0 Å². The molecule has 3 aromatic rings. The van der Waals surface area contributed by atoms with Gasteiger partial charge in [0.2, 0.25) is 10.0 Å². The van der Waals surface area contributed by atoms with E-state index in [1.807, 2.05) is 18.2 Å². The number of aromatic amines is 1. The molecule has 0 saturated carbocycles. The highest BCUT2D eigenvalue weighted by atomic mass is 35.5. The molecule has 5 nitrogen and oxygen atoms in total. The molecule has 0 bridgehead atoms. The van der Waals surface area contributed by atoms with Gasteiger partial charge in [-0.3, -0.25) is 4.90 Å². The van der Waals surface area contributed by atoms with Gasteiger partial charge in [-0.25, -0.2) is 17.5 Å². The number of rotatable bonds is 6. The molecule has 2 heterocycles. The van der Waals surface area contributed by atoms with Crippen LogP contribution < -0.4 is 4.72 Å². The number of halogens is 2. The third-order valence-corrected chi connectivity index (χ3v) is 7.08. The lowest BCUT2D eigenvalue weighted by Crippen LogP contribution is -2.37. The topological polar surface area (TPSA) is 65.2 Å². The van der Waals surface area contributed by atoms with Gasteiger partial charge in [0, 0.05) is 53.4 Å². The quantitative estimate of drug-likeness (QED) is 0.591. The minimum atomic E-state index is -3.71. The van der Waals surface area contributed by atoms with Crippen LogP contribution in [0, 0.1) is 12.7 Å². The first-order chi connectivity index (χ1) is 14.3. The Morgan fingerprint density at radius 3 is 2.80 bits per heavy atom. The molecule has 158 valence electrons. The van der Waals surface area contributed by atoms with Crippen molar-refractivity contribution in [2.45, 2.75) is 18.2 Å². The van der Waals surface area contributed by atoms with Crippen LogP contribution in [0.4, 0.5) is 4.39 Å².